The van der Waals surface area contributed by atoms with Crippen molar-refractivity contribution < 1.29 is 14.7 Å². The molecule has 4 heteroatoms. The van der Waals surface area contributed by atoms with Crippen LogP contribution in [-0.4, -0.2) is 34.5 Å². The average molecular weight is 183 g/mol. The first-order chi connectivity index (χ1) is 6.06. The van der Waals surface area contributed by atoms with Gasteiger partial charge >= 0.3 is 5.97 Å². The standard InChI is InChI=1S/C9H13NO3/c1-3-7-4-8(11)10(5-7)6(2)9(12)13/h3,6-7H,1,4-5H2,2H3,(H,12,13). The maximum absolute atomic E-state index is 11.3. The van der Waals surface area contributed by atoms with Gasteiger partial charge in [0.05, 0.1) is 0 Å². The zero-order valence-electron chi connectivity index (χ0n) is 7.56. The zero-order chi connectivity index (χ0) is 10.0. The van der Waals surface area contributed by atoms with Crippen molar-refractivity contribution in [2.75, 3.05) is 6.54 Å². The van der Waals surface area contributed by atoms with Crippen molar-refractivity contribution in [1.82, 2.24) is 4.90 Å². The molecule has 72 valence electrons. The predicted octanol–water partition coefficient (Wildman–Crippen LogP) is 0.494. The molecule has 0 bridgehead atoms. The van der Waals surface area contributed by atoms with Crippen LogP contribution in [0.4, 0.5) is 0 Å². The number of carboxylic acid groups (broad SMARTS) is 1. The molecule has 0 saturated carbocycles. The minimum Gasteiger partial charge on any atom is -0.480 e. The van der Waals surface area contributed by atoms with Gasteiger partial charge < -0.3 is 10.0 Å². The second kappa shape index (κ2) is 3.60. The minimum absolute atomic E-state index is 0.0974. The fourth-order valence-corrected chi connectivity index (χ4v) is 1.43. The summed E-state index contributed by atoms with van der Waals surface area (Å²) in [6, 6.07) is -0.725. The summed E-state index contributed by atoms with van der Waals surface area (Å²) in [5.41, 5.74) is 0. The highest BCUT2D eigenvalue weighted by Gasteiger charge is 2.33. The Bertz CT molecular complexity index is 249. The molecule has 0 radical (unpaired) electrons. The first kappa shape index (κ1) is 9.77. The molecule has 1 saturated heterocycles. The first-order valence-electron chi connectivity index (χ1n) is 4.21. The van der Waals surface area contributed by atoms with Gasteiger partial charge in [-0.3, -0.25) is 4.79 Å². The van der Waals surface area contributed by atoms with Crippen LogP contribution in [0.15, 0.2) is 12.7 Å². The van der Waals surface area contributed by atoms with E-state index >= 15 is 0 Å². The molecule has 4 nitrogen and oxygen atoms in total. The lowest BCUT2D eigenvalue weighted by Gasteiger charge is -2.20. The van der Waals surface area contributed by atoms with Crippen LogP contribution in [0.1, 0.15) is 13.3 Å². The van der Waals surface area contributed by atoms with Gasteiger partial charge in [-0.15, -0.1) is 6.58 Å². The van der Waals surface area contributed by atoms with Gasteiger partial charge in [0, 0.05) is 18.9 Å². The highest BCUT2D eigenvalue weighted by atomic mass is 16.4. The van der Waals surface area contributed by atoms with Gasteiger partial charge in [-0.05, 0) is 6.92 Å². The average Bonchev–Trinajstić information content (AvgIpc) is 2.45. The van der Waals surface area contributed by atoms with Crippen molar-refractivity contribution in [2.24, 2.45) is 5.92 Å². The highest BCUT2D eigenvalue weighted by Crippen LogP contribution is 2.20. The first-order valence-corrected chi connectivity index (χ1v) is 4.21. The third kappa shape index (κ3) is 1.88. The lowest BCUT2D eigenvalue weighted by molar-refractivity contribution is -0.147. The van der Waals surface area contributed by atoms with Crippen molar-refractivity contribution in [3.63, 3.8) is 0 Å². The van der Waals surface area contributed by atoms with E-state index in [1.54, 1.807) is 6.08 Å². The number of amides is 1. The van der Waals surface area contributed by atoms with E-state index in [9.17, 15) is 9.59 Å². The molecule has 1 amide bonds. The smallest absolute Gasteiger partial charge is 0.326 e. The normalized spacial score (nSPS) is 24.5. The Hall–Kier alpha value is -1.32. The van der Waals surface area contributed by atoms with E-state index in [2.05, 4.69) is 6.58 Å². The molecule has 0 aromatic carbocycles. The molecule has 1 fully saturated rings. The van der Waals surface area contributed by atoms with Crippen molar-refractivity contribution in [1.29, 1.82) is 0 Å². The van der Waals surface area contributed by atoms with Gasteiger partial charge in [0.15, 0.2) is 0 Å². The van der Waals surface area contributed by atoms with E-state index < -0.39 is 12.0 Å². The fraction of sp³-hybridized carbons (Fsp3) is 0.556. The Morgan fingerprint density at radius 3 is 2.85 bits per heavy atom. The molecule has 0 aromatic rings. The van der Waals surface area contributed by atoms with Crippen molar-refractivity contribution in [3.05, 3.63) is 12.7 Å². The monoisotopic (exact) mass is 183 g/mol. The molecular formula is C9H13NO3. The van der Waals surface area contributed by atoms with E-state index in [0.717, 1.165) is 0 Å². The van der Waals surface area contributed by atoms with Crippen LogP contribution in [0.25, 0.3) is 0 Å². The molecule has 0 spiro atoms. The fourth-order valence-electron chi connectivity index (χ4n) is 1.43. The number of hydrogen-bond acceptors (Lipinski definition) is 2. The third-order valence-electron chi connectivity index (χ3n) is 2.35. The van der Waals surface area contributed by atoms with Crippen LogP contribution < -0.4 is 0 Å². The van der Waals surface area contributed by atoms with E-state index in [1.165, 1.54) is 11.8 Å². The number of carbonyl (C=O) groups is 2. The van der Waals surface area contributed by atoms with Crippen LogP contribution in [0, 0.1) is 5.92 Å². The lowest BCUT2D eigenvalue weighted by atomic mass is 10.1. The number of carbonyl (C=O) groups excluding carboxylic acids is 1. The molecule has 1 N–H and O–H groups in total. The van der Waals surface area contributed by atoms with Crippen LogP contribution in [0.5, 0.6) is 0 Å². The minimum atomic E-state index is -0.960. The van der Waals surface area contributed by atoms with Crippen LogP contribution in [-0.2, 0) is 9.59 Å². The van der Waals surface area contributed by atoms with E-state index in [0.29, 0.717) is 13.0 Å². The SMILES string of the molecule is C=CC1CC(=O)N(C(C)C(=O)O)C1. The van der Waals surface area contributed by atoms with Gasteiger partial charge in [0.2, 0.25) is 5.91 Å². The van der Waals surface area contributed by atoms with E-state index in [4.69, 9.17) is 5.11 Å². The van der Waals surface area contributed by atoms with Crippen molar-refractivity contribution >= 4 is 11.9 Å². The summed E-state index contributed by atoms with van der Waals surface area (Å²) in [7, 11) is 0. The molecule has 1 rings (SSSR count). The Balaban J connectivity index is 2.67. The number of hydrogen-bond donors (Lipinski definition) is 1. The van der Waals surface area contributed by atoms with Crippen LogP contribution in [0.2, 0.25) is 0 Å². The molecule has 0 aliphatic carbocycles. The second-order valence-corrected chi connectivity index (χ2v) is 3.26. The number of aliphatic carboxylic acids is 1. The summed E-state index contributed by atoms with van der Waals surface area (Å²) in [5, 5.41) is 8.70. The maximum atomic E-state index is 11.3. The molecular weight excluding hydrogens is 170 g/mol. The quantitative estimate of drug-likeness (QED) is 0.648. The Labute approximate surface area is 76.8 Å². The number of nitrogens with zero attached hydrogens (tertiary/aromatic N) is 1. The van der Waals surface area contributed by atoms with Gasteiger partial charge in [0.25, 0.3) is 0 Å². The summed E-state index contributed by atoms with van der Waals surface area (Å²) >= 11 is 0. The highest BCUT2D eigenvalue weighted by molar-refractivity contribution is 5.85. The Kier molecular flexibility index (Phi) is 2.70. The van der Waals surface area contributed by atoms with Gasteiger partial charge in [-0.1, -0.05) is 6.08 Å². The third-order valence-corrected chi connectivity index (χ3v) is 2.35. The summed E-state index contributed by atoms with van der Waals surface area (Å²) in [6.07, 6.45) is 2.09. The molecule has 13 heavy (non-hydrogen) atoms. The molecule has 1 aliphatic heterocycles. The van der Waals surface area contributed by atoms with Crippen LogP contribution >= 0.6 is 0 Å². The maximum Gasteiger partial charge on any atom is 0.326 e. The van der Waals surface area contributed by atoms with Gasteiger partial charge in [-0.2, -0.15) is 0 Å². The summed E-state index contributed by atoms with van der Waals surface area (Å²) in [6.45, 7) is 5.59. The van der Waals surface area contributed by atoms with Crippen molar-refractivity contribution in [2.45, 2.75) is 19.4 Å². The summed E-state index contributed by atoms with van der Waals surface area (Å²) in [4.78, 5) is 23.3. The number of carboxylic acids is 1. The van der Waals surface area contributed by atoms with Gasteiger partial charge in [0.1, 0.15) is 6.04 Å². The molecule has 1 aliphatic rings. The molecule has 2 unspecified atom stereocenters. The molecule has 2 atom stereocenters. The van der Waals surface area contributed by atoms with Gasteiger partial charge in [-0.25, -0.2) is 4.79 Å². The largest absolute Gasteiger partial charge is 0.480 e. The second-order valence-electron chi connectivity index (χ2n) is 3.26. The number of rotatable bonds is 3. The van der Waals surface area contributed by atoms with E-state index in [1.807, 2.05) is 0 Å². The molecule has 1 heterocycles. The predicted molar refractivity (Wildman–Crippen MR) is 47.1 cm³/mol. The molecule has 0 aromatic heterocycles. The summed E-state index contributed by atoms with van der Waals surface area (Å²) in [5.74, 6) is -0.952. The van der Waals surface area contributed by atoms with Crippen LogP contribution in [0.3, 0.4) is 0 Å². The number of likely N-dealkylation sites (tertiary alicyclic amines) is 1. The lowest BCUT2D eigenvalue weighted by Crippen LogP contribution is -2.39. The summed E-state index contributed by atoms with van der Waals surface area (Å²) < 4.78 is 0. The Morgan fingerprint density at radius 2 is 2.46 bits per heavy atom. The Morgan fingerprint density at radius 1 is 1.85 bits per heavy atom. The zero-order valence-corrected chi connectivity index (χ0v) is 7.56. The van der Waals surface area contributed by atoms with Crippen molar-refractivity contribution in [3.8, 4) is 0 Å². The topological polar surface area (TPSA) is 57.6 Å². The van der Waals surface area contributed by atoms with E-state index in [-0.39, 0.29) is 11.8 Å².